The average Bonchev–Trinajstić information content (AvgIpc) is 3.14. The van der Waals surface area contributed by atoms with Crippen LogP contribution in [0.2, 0.25) is 0 Å². The second-order valence-corrected chi connectivity index (χ2v) is 5.47. The van der Waals surface area contributed by atoms with E-state index in [1.54, 1.807) is 6.26 Å². The summed E-state index contributed by atoms with van der Waals surface area (Å²) in [6.07, 6.45) is 7.86. The molecular formula is C17H22N2O2. The number of hydrogen-bond donors (Lipinski definition) is 0. The Balaban J connectivity index is 1.72. The lowest BCUT2D eigenvalue weighted by molar-refractivity contribution is 0.0320. The molecule has 0 N–H and O–H groups in total. The molecule has 0 unspecified atom stereocenters. The monoisotopic (exact) mass is 286 g/mol. The molecule has 0 aromatic carbocycles. The quantitative estimate of drug-likeness (QED) is 0.818. The van der Waals surface area contributed by atoms with Crippen LogP contribution < -0.4 is 0 Å². The minimum Gasteiger partial charge on any atom is -0.468 e. The molecule has 2 aromatic heterocycles. The van der Waals surface area contributed by atoms with Gasteiger partial charge in [0.2, 0.25) is 0 Å². The topological polar surface area (TPSA) is 38.5 Å². The van der Waals surface area contributed by atoms with E-state index in [1.165, 1.54) is 5.56 Å². The van der Waals surface area contributed by atoms with E-state index in [2.05, 4.69) is 22.9 Å². The van der Waals surface area contributed by atoms with Crippen molar-refractivity contribution in [3.8, 4) is 0 Å². The molecule has 1 aliphatic rings. The van der Waals surface area contributed by atoms with E-state index < -0.39 is 0 Å². The third-order valence-corrected chi connectivity index (χ3v) is 4.09. The second-order valence-electron chi connectivity index (χ2n) is 5.47. The molecule has 2 atom stereocenters. The van der Waals surface area contributed by atoms with Crippen molar-refractivity contribution < 1.29 is 9.15 Å². The van der Waals surface area contributed by atoms with E-state index in [-0.39, 0.29) is 0 Å². The summed E-state index contributed by atoms with van der Waals surface area (Å²) in [5.41, 5.74) is 1.26. The highest BCUT2D eigenvalue weighted by Crippen LogP contribution is 2.26. The molecule has 3 rings (SSSR count). The van der Waals surface area contributed by atoms with E-state index in [0.717, 1.165) is 38.3 Å². The van der Waals surface area contributed by atoms with Crippen LogP contribution in [0.25, 0.3) is 0 Å². The molecule has 0 radical (unpaired) electrons. The van der Waals surface area contributed by atoms with Gasteiger partial charge in [-0.1, -0.05) is 6.07 Å². The van der Waals surface area contributed by atoms with Gasteiger partial charge >= 0.3 is 0 Å². The lowest BCUT2D eigenvalue weighted by Crippen LogP contribution is -2.37. The van der Waals surface area contributed by atoms with Gasteiger partial charge in [-0.25, -0.2) is 0 Å². The van der Waals surface area contributed by atoms with Crippen LogP contribution in [-0.2, 0) is 17.7 Å². The van der Waals surface area contributed by atoms with Gasteiger partial charge in [-0.15, -0.1) is 0 Å². The van der Waals surface area contributed by atoms with Crippen LogP contribution in [0.3, 0.4) is 0 Å². The molecule has 112 valence electrons. The predicted octanol–water partition coefficient (Wildman–Crippen LogP) is 2.90. The van der Waals surface area contributed by atoms with Gasteiger partial charge in [0.15, 0.2) is 0 Å². The number of likely N-dealkylation sites (tertiary alicyclic amines) is 1. The molecule has 1 aliphatic heterocycles. The van der Waals surface area contributed by atoms with Crippen molar-refractivity contribution in [3.63, 3.8) is 0 Å². The fourth-order valence-electron chi connectivity index (χ4n) is 3.11. The summed E-state index contributed by atoms with van der Waals surface area (Å²) in [5.74, 6) is 1.02. The van der Waals surface area contributed by atoms with Gasteiger partial charge in [-0.3, -0.25) is 9.88 Å². The van der Waals surface area contributed by atoms with Gasteiger partial charge in [-0.2, -0.15) is 0 Å². The number of hydrogen-bond acceptors (Lipinski definition) is 4. The molecule has 0 spiro atoms. The third kappa shape index (κ3) is 3.52. The molecule has 0 saturated carbocycles. The minimum absolute atomic E-state index is 0.296. The average molecular weight is 286 g/mol. The number of nitrogens with zero attached hydrogens (tertiary/aromatic N) is 2. The molecule has 0 amide bonds. The molecule has 1 fully saturated rings. The largest absolute Gasteiger partial charge is 0.468 e. The molecule has 4 nitrogen and oxygen atoms in total. The summed E-state index contributed by atoms with van der Waals surface area (Å²) in [6, 6.07) is 8.51. The zero-order chi connectivity index (χ0) is 14.5. The normalized spacial score (nSPS) is 22.7. The molecule has 1 saturated heterocycles. The van der Waals surface area contributed by atoms with Gasteiger partial charge in [0.1, 0.15) is 5.76 Å². The highest BCUT2D eigenvalue weighted by atomic mass is 16.5. The summed E-state index contributed by atoms with van der Waals surface area (Å²) in [7, 11) is 0. The van der Waals surface area contributed by atoms with Crippen molar-refractivity contribution in [2.24, 2.45) is 0 Å². The Hall–Kier alpha value is -1.65. The maximum Gasteiger partial charge on any atom is 0.117 e. The van der Waals surface area contributed by atoms with E-state index in [0.29, 0.717) is 12.1 Å². The molecule has 0 aliphatic carbocycles. The summed E-state index contributed by atoms with van der Waals surface area (Å²) < 4.78 is 11.4. The Morgan fingerprint density at radius 1 is 1.38 bits per heavy atom. The lowest BCUT2D eigenvalue weighted by Gasteiger charge is -2.27. The summed E-state index contributed by atoms with van der Waals surface area (Å²) in [6.45, 7) is 4.73. The van der Waals surface area contributed by atoms with Crippen molar-refractivity contribution in [1.29, 1.82) is 0 Å². The van der Waals surface area contributed by atoms with Crippen molar-refractivity contribution in [2.45, 2.75) is 38.5 Å². The smallest absolute Gasteiger partial charge is 0.117 e. The fraction of sp³-hybridized carbons (Fsp3) is 0.471. The SMILES string of the molecule is CCO[C@@H]1CCN(Cc2ccco2)[C@@H]1Cc1cccnc1. The van der Waals surface area contributed by atoms with Crippen LogP contribution in [0.1, 0.15) is 24.7 Å². The van der Waals surface area contributed by atoms with E-state index in [1.807, 2.05) is 30.6 Å². The van der Waals surface area contributed by atoms with Crippen molar-refractivity contribution in [1.82, 2.24) is 9.88 Å². The zero-order valence-electron chi connectivity index (χ0n) is 12.4. The van der Waals surface area contributed by atoms with Crippen LogP contribution >= 0.6 is 0 Å². The van der Waals surface area contributed by atoms with Crippen molar-refractivity contribution in [2.75, 3.05) is 13.2 Å². The lowest BCUT2D eigenvalue weighted by atomic mass is 10.0. The first-order chi connectivity index (χ1) is 10.4. The summed E-state index contributed by atoms with van der Waals surface area (Å²) in [4.78, 5) is 6.69. The van der Waals surface area contributed by atoms with Gasteiger partial charge in [0.05, 0.1) is 18.9 Å². The van der Waals surface area contributed by atoms with E-state index >= 15 is 0 Å². The Morgan fingerprint density at radius 2 is 2.33 bits per heavy atom. The first-order valence-electron chi connectivity index (χ1n) is 7.63. The van der Waals surface area contributed by atoms with Crippen molar-refractivity contribution >= 4 is 0 Å². The highest BCUT2D eigenvalue weighted by Gasteiger charge is 2.34. The van der Waals surface area contributed by atoms with E-state index in [4.69, 9.17) is 9.15 Å². The second kappa shape index (κ2) is 6.87. The maximum absolute atomic E-state index is 5.94. The van der Waals surface area contributed by atoms with E-state index in [9.17, 15) is 0 Å². The standard InChI is InChI=1S/C17H22N2O2/c1-2-20-17-7-9-19(13-15-6-4-10-21-15)16(17)11-14-5-3-8-18-12-14/h3-6,8,10,12,16-17H,2,7,9,11,13H2,1H3/t16-,17-/m1/s1. The first-order valence-corrected chi connectivity index (χ1v) is 7.63. The highest BCUT2D eigenvalue weighted by molar-refractivity contribution is 5.12. The Kier molecular flexibility index (Phi) is 4.68. The Labute approximate surface area is 125 Å². The third-order valence-electron chi connectivity index (χ3n) is 4.09. The molecular weight excluding hydrogens is 264 g/mol. The van der Waals surface area contributed by atoms with Crippen LogP contribution in [0.4, 0.5) is 0 Å². The predicted molar refractivity (Wildman–Crippen MR) is 80.9 cm³/mol. The number of aromatic nitrogens is 1. The van der Waals surface area contributed by atoms with Gasteiger partial charge < -0.3 is 9.15 Å². The van der Waals surface area contributed by atoms with Gasteiger partial charge in [0, 0.05) is 31.6 Å². The van der Waals surface area contributed by atoms with Gasteiger partial charge in [-0.05, 0) is 43.5 Å². The summed E-state index contributed by atoms with van der Waals surface area (Å²) >= 11 is 0. The fourth-order valence-corrected chi connectivity index (χ4v) is 3.11. The van der Waals surface area contributed by atoms with Gasteiger partial charge in [0.25, 0.3) is 0 Å². The van der Waals surface area contributed by atoms with Crippen LogP contribution in [0, 0.1) is 0 Å². The number of rotatable bonds is 6. The molecule has 2 aromatic rings. The Bertz CT molecular complexity index is 527. The molecule has 4 heteroatoms. The van der Waals surface area contributed by atoms with Crippen LogP contribution in [0.15, 0.2) is 47.3 Å². The molecule has 0 bridgehead atoms. The first kappa shape index (κ1) is 14.3. The van der Waals surface area contributed by atoms with Crippen molar-refractivity contribution in [3.05, 3.63) is 54.2 Å². The van der Waals surface area contributed by atoms with Crippen LogP contribution in [0.5, 0.6) is 0 Å². The summed E-state index contributed by atoms with van der Waals surface area (Å²) in [5, 5.41) is 0. The Morgan fingerprint density at radius 3 is 3.05 bits per heavy atom. The molecule has 21 heavy (non-hydrogen) atoms. The van der Waals surface area contributed by atoms with Crippen LogP contribution in [-0.4, -0.2) is 35.2 Å². The number of furan rings is 1. The minimum atomic E-state index is 0.296. The number of pyridine rings is 1. The maximum atomic E-state index is 5.94. The zero-order valence-corrected chi connectivity index (χ0v) is 12.4. The number of ether oxygens (including phenoxy) is 1. The molecule has 3 heterocycles.